The van der Waals surface area contributed by atoms with E-state index >= 15 is 0 Å². The summed E-state index contributed by atoms with van der Waals surface area (Å²) in [5, 5.41) is 13.5. The van der Waals surface area contributed by atoms with E-state index in [1.807, 2.05) is 5.32 Å². The first kappa shape index (κ1) is 29.3. The van der Waals surface area contributed by atoms with Gasteiger partial charge in [0.15, 0.2) is 0 Å². The van der Waals surface area contributed by atoms with Gasteiger partial charge in [0.05, 0.1) is 19.8 Å². The number of methoxy groups -OCH3 is 2. The van der Waals surface area contributed by atoms with Gasteiger partial charge in [-0.25, -0.2) is 14.4 Å². The molecule has 0 radical (unpaired) electrons. The van der Waals surface area contributed by atoms with Crippen LogP contribution in [0, 0.1) is 0 Å². The van der Waals surface area contributed by atoms with Gasteiger partial charge in [0.25, 0.3) is 0 Å². The molecular weight excluding hydrogens is 508 g/mol. The zero-order valence-electron chi connectivity index (χ0n) is 21.6. The normalized spacial score (nSPS) is 19.4. The molecule has 2 amide bonds. The maximum absolute atomic E-state index is 13.1. The number of fused-ring (bicyclic) bond motifs is 1. The van der Waals surface area contributed by atoms with E-state index < -0.39 is 50.9 Å². The molecule has 0 bridgehead atoms. The Kier molecular flexibility index (Phi) is 9.66. The third-order valence-electron chi connectivity index (χ3n) is 6.14. The van der Waals surface area contributed by atoms with Crippen LogP contribution in [0.1, 0.15) is 36.7 Å². The van der Waals surface area contributed by atoms with Gasteiger partial charge in [0.1, 0.15) is 30.2 Å². The highest BCUT2D eigenvalue weighted by Crippen LogP contribution is 2.41. The number of carbonyl (C=O) groups excluding carboxylic acids is 3. The van der Waals surface area contributed by atoms with E-state index in [0.29, 0.717) is 17.1 Å². The summed E-state index contributed by atoms with van der Waals surface area (Å²) in [6.07, 6.45) is -1.49. The van der Waals surface area contributed by atoms with Crippen LogP contribution in [0.4, 0.5) is 4.79 Å². The minimum atomic E-state index is -2.33. The van der Waals surface area contributed by atoms with E-state index in [9.17, 15) is 19.2 Å². The molecule has 200 valence electrons. The summed E-state index contributed by atoms with van der Waals surface area (Å²) >= 11 is 1.28. The molecule has 1 aliphatic heterocycles. The summed E-state index contributed by atoms with van der Waals surface area (Å²) in [6, 6.07) is 0.736. The Labute approximate surface area is 215 Å². The third kappa shape index (κ3) is 7.29. The van der Waals surface area contributed by atoms with Crippen LogP contribution in [0.5, 0.6) is 11.5 Å². The van der Waals surface area contributed by atoms with Crippen molar-refractivity contribution in [1.29, 1.82) is 0 Å². The molecule has 3 N–H and O–H groups in total. The monoisotopic (exact) mass is 542 g/mol. The lowest BCUT2D eigenvalue weighted by Crippen LogP contribution is -2.54. The van der Waals surface area contributed by atoms with Crippen LogP contribution in [0.15, 0.2) is 12.1 Å². The molecule has 1 heterocycles. The lowest BCUT2D eigenvalue weighted by Gasteiger charge is -2.37. The molecule has 0 fully saturated rings. The molecule has 0 aromatic heterocycles. The molecule has 13 heteroatoms. The van der Waals surface area contributed by atoms with Crippen molar-refractivity contribution in [2.75, 3.05) is 26.6 Å². The summed E-state index contributed by atoms with van der Waals surface area (Å²) < 4.78 is 22.1. The fraction of sp³-hybridized carbons (Fsp3) is 0.565. The highest BCUT2D eigenvalue weighted by atomic mass is 32.2. The van der Waals surface area contributed by atoms with Crippen LogP contribution in [-0.2, 0) is 24.8 Å². The topological polar surface area (TPSA) is 149 Å². The summed E-state index contributed by atoms with van der Waals surface area (Å²) in [7, 11) is 0.324. The number of esters is 2. The molecule has 1 aromatic rings. The van der Waals surface area contributed by atoms with Crippen LogP contribution in [0.25, 0.3) is 0 Å². The Morgan fingerprint density at radius 1 is 1.22 bits per heavy atom. The number of thioether (sulfide) groups is 1. The SMILES string of the molecule is COC(=O)[C@@H]1CSCc2c(O[Si](C)(C)C(C)(C)C)cc(OC)cc2C(=O)OC[C@H](NC(=O)O)C(=O)N1. The molecule has 0 saturated carbocycles. The zero-order chi connectivity index (χ0) is 27.3. The third-order valence-corrected chi connectivity index (χ3v) is 11.5. The average molecular weight is 543 g/mol. The van der Waals surface area contributed by atoms with E-state index in [0.717, 1.165) is 0 Å². The quantitative estimate of drug-likeness (QED) is 0.374. The number of amides is 2. The van der Waals surface area contributed by atoms with E-state index in [2.05, 4.69) is 39.2 Å². The van der Waals surface area contributed by atoms with Crippen molar-refractivity contribution in [2.24, 2.45) is 0 Å². The number of carbonyl (C=O) groups is 4. The molecule has 0 unspecified atom stereocenters. The van der Waals surface area contributed by atoms with Crippen molar-refractivity contribution in [3.63, 3.8) is 0 Å². The lowest BCUT2D eigenvalue weighted by molar-refractivity contribution is -0.144. The van der Waals surface area contributed by atoms with Gasteiger partial charge in [-0.05, 0) is 24.2 Å². The molecule has 0 saturated heterocycles. The van der Waals surface area contributed by atoms with E-state index in [-0.39, 0.29) is 22.1 Å². The van der Waals surface area contributed by atoms with Crippen LogP contribution >= 0.6 is 11.8 Å². The van der Waals surface area contributed by atoms with Gasteiger partial charge in [-0.1, -0.05) is 20.8 Å². The maximum atomic E-state index is 13.1. The van der Waals surface area contributed by atoms with Gasteiger partial charge in [0, 0.05) is 23.1 Å². The Bertz CT molecular complexity index is 1010. The Morgan fingerprint density at radius 3 is 2.44 bits per heavy atom. The van der Waals surface area contributed by atoms with Crippen molar-refractivity contribution in [3.05, 3.63) is 23.3 Å². The van der Waals surface area contributed by atoms with Crippen LogP contribution in [-0.4, -0.2) is 76.0 Å². The van der Waals surface area contributed by atoms with Crippen molar-refractivity contribution in [3.8, 4) is 11.5 Å². The van der Waals surface area contributed by atoms with Crippen molar-refractivity contribution in [2.45, 2.75) is 56.7 Å². The smallest absolute Gasteiger partial charge is 0.405 e. The number of hydrogen-bond acceptors (Lipinski definition) is 9. The number of cyclic esters (lactones) is 1. The van der Waals surface area contributed by atoms with E-state index in [4.69, 9.17) is 23.7 Å². The summed E-state index contributed by atoms with van der Waals surface area (Å²) in [5.41, 5.74) is 0.717. The second kappa shape index (κ2) is 11.9. The average Bonchev–Trinajstić information content (AvgIpc) is 2.78. The van der Waals surface area contributed by atoms with Gasteiger partial charge >= 0.3 is 18.0 Å². The summed E-state index contributed by atoms with van der Waals surface area (Å²) in [5.74, 6) is -1.06. The zero-order valence-corrected chi connectivity index (χ0v) is 23.4. The predicted octanol–water partition coefficient (Wildman–Crippen LogP) is 2.78. The summed E-state index contributed by atoms with van der Waals surface area (Å²) in [6.45, 7) is 9.83. The van der Waals surface area contributed by atoms with E-state index in [1.165, 1.54) is 32.0 Å². The molecule has 0 spiro atoms. The molecule has 1 aromatic carbocycles. The number of benzene rings is 1. The molecule has 1 aliphatic rings. The Hall–Kier alpha value is -2.93. The maximum Gasteiger partial charge on any atom is 0.405 e. The van der Waals surface area contributed by atoms with Gasteiger partial charge in [-0.2, -0.15) is 11.8 Å². The second-order valence-corrected chi connectivity index (χ2v) is 15.5. The first-order valence-electron chi connectivity index (χ1n) is 11.2. The molecule has 2 atom stereocenters. The molecule has 2 rings (SSSR count). The first-order chi connectivity index (χ1) is 16.7. The Balaban J connectivity index is 2.58. The van der Waals surface area contributed by atoms with E-state index in [1.54, 1.807) is 6.07 Å². The number of rotatable bonds is 5. The second-order valence-electron chi connectivity index (χ2n) is 9.71. The fourth-order valence-electron chi connectivity index (χ4n) is 3.02. The molecule has 11 nitrogen and oxygen atoms in total. The number of nitrogens with one attached hydrogen (secondary N) is 2. The standard InChI is InChI=1S/C23H34N2O9SSi/c1-23(2,3)36(6,7)34-18-9-13(31-4)8-14-15(18)11-35-12-17(21(28)32-5)24-19(26)16(25-22(29)30)10-33-20(14)27/h8-9,16-17,25H,10-12H2,1-7H3,(H,24,26)(H,29,30)/t16-,17-/m0/s1. The predicted molar refractivity (Wildman–Crippen MR) is 136 cm³/mol. The highest BCUT2D eigenvalue weighted by Gasteiger charge is 2.40. The van der Waals surface area contributed by atoms with Gasteiger partial charge < -0.3 is 34.4 Å². The van der Waals surface area contributed by atoms with Gasteiger partial charge in [-0.15, -0.1) is 0 Å². The highest BCUT2D eigenvalue weighted by molar-refractivity contribution is 7.98. The first-order valence-corrected chi connectivity index (χ1v) is 15.3. The van der Waals surface area contributed by atoms with Crippen molar-refractivity contribution >= 4 is 44.0 Å². The minimum absolute atomic E-state index is 0.109. The number of ether oxygens (including phenoxy) is 3. The van der Waals surface area contributed by atoms with Gasteiger partial charge in [-0.3, -0.25) is 4.79 Å². The molecule has 0 aliphatic carbocycles. The minimum Gasteiger partial charge on any atom is -0.543 e. The molecular formula is C23H34N2O9SSi. The van der Waals surface area contributed by atoms with Crippen molar-refractivity contribution in [1.82, 2.24) is 10.6 Å². The van der Waals surface area contributed by atoms with Crippen LogP contribution in [0.2, 0.25) is 18.1 Å². The molecule has 36 heavy (non-hydrogen) atoms. The Morgan fingerprint density at radius 2 is 1.89 bits per heavy atom. The van der Waals surface area contributed by atoms with Gasteiger partial charge in [0.2, 0.25) is 14.2 Å². The largest absolute Gasteiger partial charge is 0.543 e. The van der Waals surface area contributed by atoms with Crippen LogP contribution in [0.3, 0.4) is 0 Å². The lowest BCUT2D eigenvalue weighted by atomic mass is 10.1. The van der Waals surface area contributed by atoms with Crippen molar-refractivity contribution < 1.29 is 42.9 Å². The van der Waals surface area contributed by atoms with Crippen LogP contribution < -0.4 is 19.8 Å². The number of hydrogen-bond donors (Lipinski definition) is 3. The summed E-state index contributed by atoms with van der Waals surface area (Å²) in [4.78, 5) is 49.3. The fourth-order valence-corrected chi connectivity index (χ4v) is 5.13. The number of carboxylic acid groups (broad SMARTS) is 1.